The molecule has 0 aliphatic carbocycles. The molecule has 0 fully saturated rings. The quantitative estimate of drug-likeness (QED) is 0.639. The fraction of sp³-hybridized carbons (Fsp3) is 0.400. The van der Waals surface area contributed by atoms with E-state index in [1.807, 2.05) is 6.92 Å². The predicted octanol–water partition coefficient (Wildman–Crippen LogP) is 1.08. The van der Waals surface area contributed by atoms with E-state index in [4.69, 9.17) is 5.73 Å². The standard InChI is InChI=1S/C10H15NO2/c1-6-3-4-8(12)5-9(6)10(13)7(2)11/h3-5,7,10,12-13H,11H2,1-2H3. The van der Waals surface area contributed by atoms with Crippen molar-refractivity contribution in [3.63, 3.8) is 0 Å². The zero-order chi connectivity index (χ0) is 10.0. The molecule has 3 heteroatoms. The van der Waals surface area contributed by atoms with Gasteiger partial charge in [0.25, 0.3) is 0 Å². The van der Waals surface area contributed by atoms with Gasteiger partial charge in [0.1, 0.15) is 5.75 Å². The maximum Gasteiger partial charge on any atom is 0.115 e. The highest BCUT2D eigenvalue weighted by Gasteiger charge is 2.14. The Morgan fingerprint density at radius 2 is 2.00 bits per heavy atom. The number of aliphatic hydroxyl groups is 1. The third kappa shape index (κ3) is 2.20. The second-order valence-electron chi connectivity index (χ2n) is 3.34. The molecule has 1 rings (SSSR count). The lowest BCUT2D eigenvalue weighted by Gasteiger charge is -2.17. The van der Waals surface area contributed by atoms with E-state index in [1.54, 1.807) is 25.1 Å². The van der Waals surface area contributed by atoms with Gasteiger partial charge in [-0.2, -0.15) is 0 Å². The monoisotopic (exact) mass is 181 g/mol. The van der Waals surface area contributed by atoms with Gasteiger partial charge in [0.05, 0.1) is 6.10 Å². The second-order valence-corrected chi connectivity index (χ2v) is 3.34. The summed E-state index contributed by atoms with van der Waals surface area (Å²) in [6.45, 7) is 3.61. The van der Waals surface area contributed by atoms with Crippen molar-refractivity contribution in [3.8, 4) is 5.75 Å². The van der Waals surface area contributed by atoms with Crippen molar-refractivity contribution in [2.24, 2.45) is 5.73 Å². The molecular weight excluding hydrogens is 166 g/mol. The van der Waals surface area contributed by atoms with E-state index in [0.717, 1.165) is 5.56 Å². The van der Waals surface area contributed by atoms with Gasteiger partial charge >= 0.3 is 0 Å². The molecule has 2 atom stereocenters. The van der Waals surface area contributed by atoms with Gasteiger partial charge in [-0.15, -0.1) is 0 Å². The number of hydrogen-bond donors (Lipinski definition) is 3. The Morgan fingerprint density at radius 3 is 2.54 bits per heavy atom. The average Bonchev–Trinajstić information content (AvgIpc) is 2.08. The van der Waals surface area contributed by atoms with Gasteiger partial charge in [0, 0.05) is 6.04 Å². The van der Waals surface area contributed by atoms with Crippen molar-refractivity contribution in [3.05, 3.63) is 29.3 Å². The molecular formula is C10H15NO2. The second kappa shape index (κ2) is 3.77. The van der Waals surface area contributed by atoms with Crippen molar-refractivity contribution in [1.29, 1.82) is 0 Å². The first-order chi connectivity index (χ1) is 6.02. The van der Waals surface area contributed by atoms with Gasteiger partial charge in [-0.3, -0.25) is 0 Å². The molecule has 2 unspecified atom stereocenters. The largest absolute Gasteiger partial charge is 0.508 e. The molecule has 1 aromatic carbocycles. The van der Waals surface area contributed by atoms with Gasteiger partial charge in [-0.1, -0.05) is 6.07 Å². The van der Waals surface area contributed by atoms with Crippen LogP contribution in [0.2, 0.25) is 0 Å². The summed E-state index contributed by atoms with van der Waals surface area (Å²) in [5.74, 6) is 0.153. The molecule has 4 N–H and O–H groups in total. The Bertz CT molecular complexity index is 297. The first-order valence-electron chi connectivity index (χ1n) is 4.25. The van der Waals surface area contributed by atoms with E-state index in [-0.39, 0.29) is 11.8 Å². The molecule has 0 spiro atoms. The number of rotatable bonds is 2. The number of aliphatic hydroxyl groups excluding tert-OH is 1. The number of phenols is 1. The Kier molecular flexibility index (Phi) is 2.90. The minimum Gasteiger partial charge on any atom is -0.508 e. The first kappa shape index (κ1) is 10.0. The topological polar surface area (TPSA) is 66.5 Å². The van der Waals surface area contributed by atoms with Crippen molar-refractivity contribution in [1.82, 2.24) is 0 Å². The third-order valence-corrected chi connectivity index (χ3v) is 2.08. The molecule has 3 nitrogen and oxygen atoms in total. The Morgan fingerprint density at radius 1 is 1.38 bits per heavy atom. The molecule has 72 valence electrons. The van der Waals surface area contributed by atoms with Crippen LogP contribution in [0, 0.1) is 6.92 Å². The molecule has 0 aliphatic heterocycles. The van der Waals surface area contributed by atoms with E-state index < -0.39 is 6.10 Å². The van der Waals surface area contributed by atoms with Gasteiger partial charge in [-0.25, -0.2) is 0 Å². The van der Waals surface area contributed by atoms with E-state index >= 15 is 0 Å². The summed E-state index contributed by atoms with van der Waals surface area (Å²) in [5, 5.41) is 18.9. The minimum atomic E-state index is -0.716. The van der Waals surface area contributed by atoms with Gasteiger partial charge in [0.2, 0.25) is 0 Å². The van der Waals surface area contributed by atoms with Crippen LogP contribution >= 0.6 is 0 Å². The minimum absolute atomic E-state index is 0.153. The van der Waals surface area contributed by atoms with Crippen molar-refractivity contribution >= 4 is 0 Å². The van der Waals surface area contributed by atoms with Crippen LogP contribution in [0.1, 0.15) is 24.2 Å². The molecule has 0 aliphatic rings. The van der Waals surface area contributed by atoms with E-state index in [9.17, 15) is 10.2 Å². The molecule has 13 heavy (non-hydrogen) atoms. The molecule has 1 aromatic rings. The van der Waals surface area contributed by atoms with Crippen molar-refractivity contribution < 1.29 is 10.2 Å². The van der Waals surface area contributed by atoms with Crippen LogP contribution in [0.15, 0.2) is 18.2 Å². The number of aryl methyl sites for hydroxylation is 1. The lowest BCUT2D eigenvalue weighted by Crippen LogP contribution is -2.24. The summed E-state index contributed by atoms with van der Waals surface area (Å²) in [6, 6.07) is 4.56. The average molecular weight is 181 g/mol. The summed E-state index contributed by atoms with van der Waals surface area (Å²) >= 11 is 0. The number of hydrogen-bond acceptors (Lipinski definition) is 3. The van der Waals surface area contributed by atoms with Crippen LogP contribution < -0.4 is 5.73 Å². The Balaban J connectivity index is 3.05. The molecule has 0 saturated carbocycles. The zero-order valence-corrected chi connectivity index (χ0v) is 7.86. The van der Waals surface area contributed by atoms with Gasteiger partial charge < -0.3 is 15.9 Å². The van der Waals surface area contributed by atoms with Crippen molar-refractivity contribution in [2.75, 3.05) is 0 Å². The van der Waals surface area contributed by atoms with Crippen LogP contribution in [-0.2, 0) is 0 Å². The van der Waals surface area contributed by atoms with Crippen LogP contribution in [-0.4, -0.2) is 16.3 Å². The molecule has 0 aromatic heterocycles. The number of nitrogens with two attached hydrogens (primary N) is 1. The fourth-order valence-electron chi connectivity index (χ4n) is 1.23. The smallest absolute Gasteiger partial charge is 0.115 e. The lowest BCUT2D eigenvalue weighted by molar-refractivity contribution is 0.152. The van der Waals surface area contributed by atoms with E-state index in [0.29, 0.717) is 5.56 Å². The number of phenolic OH excluding ortho intramolecular Hbond substituents is 1. The molecule has 0 amide bonds. The highest BCUT2D eigenvalue weighted by Crippen LogP contribution is 2.23. The van der Waals surface area contributed by atoms with Crippen molar-refractivity contribution in [2.45, 2.75) is 26.0 Å². The fourth-order valence-corrected chi connectivity index (χ4v) is 1.23. The normalized spacial score (nSPS) is 15.4. The maximum atomic E-state index is 9.67. The summed E-state index contributed by atoms with van der Waals surface area (Å²) < 4.78 is 0. The summed E-state index contributed by atoms with van der Waals surface area (Å²) in [6.07, 6.45) is -0.716. The molecule has 0 bridgehead atoms. The van der Waals surface area contributed by atoms with Crippen LogP contribution in [0.3, 0.4) is 0 Å². The highest BCUT2D eigenvalue weighted by molar-refractivity contribution is 5.35. The first-order valence-corrected chi connectivity index (χ1v) is 4.25. The molecule has 0 saturated heterocycles. The van der Waals surface area contributed by atoms with Gasteiger partial charge in [-0.05, 0) is 37.1 Å². The van der Waals surface area contributed by atoms with Crippen LogP contribution in [0.5, 0.6) is 5.75 Å². The summed E-state index contributed by atoms with van der Waals surface area (Å²) in [4.78, 5) is 0. The van der Waals surface area contributed by atoms with E-state index in [1.165, 1.54) is 0 Å². The number of aromatic hydroxyl groups is 1. The number of benzene rings is 1. The molecule has 0 radical (unpaired) electrons. The Labute approximate surface area is 77.8 Å². The molecule has 0 heterocycles. The lowest BCUT2D eigenvalue weighted by atomic mass is 9.99. The van der Waals surface area contributed by atoms with Crippen LogP contribution in [0.25, 0.3) is 0 Å². The Hall–Kier alpha value is -1.06. The predicted molar refractivity (Wildman–Crippen MR) is 51.5 cm³/mol. The van der Waals surface area contributed by atoms with Crippen LogP contribution in [0.4, 0.5) is 0 Å². The zero-order valence-electron chi connectivity index (χ0n) is 7.86. The highest BCUT2D eigenvalue weighted by atomic mass is 16.3. The van der Waals surface area contributed by atoms with Gasteiger partial charge in [0.15, 0.2) is 0 Å². The maximum absolute atomic E-state index is 9.67. The SMILES string of the molecule is Cc1ccc(O)cc1C(O)C(C)N. The summed E-state index contributed by atoms with van der Waals surface area (Å²) in [5.41, 5.74) is 7.18. The third-order valence-electron chi connectivity index (χ3n) is 2.08. The summed E-state index contributed by atoms with van der Waals surface area (Å²) in [7, 11) is 0. The van der Waals surface area contributed by atoms with E-state index in [2.05, 4.69) is 0 Å².